The highest BCUT2D eigenvalue weighted by Gasteiger charge is 2.34. The lowest BCUT2D eigenvalue weighted by molar-refractivity contribution is -0.123. The van der Waals surface area contributed by atoms with Crippen molar-refractivity contribution in [3.8, 4) is 5.75 Å². The molecule has 1 saturated heterocycles. The van der Waals surface area contributed by atoms with Crippen molar-refractivity contribution in [3.63, 3.8) is 0 Å². The van der Waals surface area contributed by atoms with Crippen molar-refractivity contribution in [2.45, 2.75) is 33.4 Å². The predicted molar refractivity (Wildman–Crippen MR) is 137 cm³/mol. The number of thiocarbonyl (C=S) groups is 1. The van der Waals surface area contributed by atoms with Gasteiger partial charge in [-0.2, -0.15) is 0 Å². The number of fused-ring (bicyclic) bond motifs is 1. The third kappa shape index (κ3) is 4.51. The van der Waals surface area contributed by atoms with Crippen molar-refractivity contribution in [2.24, 2.45) is 0 Å². The number of carbonyl (C=O) groups excluding carboxylic acids is 1. The fourth-order valence-corrected chi connectivity index (χ4v) is 5.07. The zero-order chi connectivity index (χ0) is 23.7. The van der Waals surface area contributed by atoms with Gasteiger partial charge in [-0.1, -0.05) is 42.2 Å². The van der Waals surface area contributed by atoms with Crippen molar-refractivity contribution in [1.29, 1.82) is 0 Å². The lowest BCUT2D eigenvalue weighted by Gasteiger charge is -2.18. The minimum atomic E-state index is -0.254. The molecule has 0 unspecified atom stereocenters. The average molecular weight is 481 g/mol. The first-order valence-electron chi connectivity index (χ1n) is 10.5. The van der Waals surface area contributed by atoms with Gasteiger partial charge in [-0.15, -0.1) is 0 Å². The van der Waals surface area contributed by atoms with E-state index in [4.69, 9.17) is 21.9 Å². The SMILES string of the molecule is COc1ccc(CNc2nc3c(C)cccn3c(=O)c2C=C2SC(=S)N(C(C)C)C2=O)cc1. The van der Waals surface area contributed by atoms with Gasteiger partial charge in [-0.05, 0) is 56.2 Å². The molecule has 1 N–H and O–H groups in total. The quantitative estimate of drug-likeness (QED) is 0.418. The van der Waals surface area contributed by atoms with Gasteiger partial charge in [0.15, 0.2) is 0 Å². The molecule has 4 rings (SSSR count). The second kappa shape index (κ2) is 9.36. The van der Waals surface area contributed by atoms with Gasteiger partial charge in [0.25, 0.3) is 11.5 Å². The number of methoxy groups -OCH3 is 1. The van der Waals surface area contributed by atoms with Gasteiger partial charge in [0, 0.05) is 18.8 Å². The number of hydrogen-bond acceptors (Lipinski definition) is 7. The summed E-state index contributed by atoms with van der Waals surface area (Å²) < 4.78 is 7.20. The number of amides is 1. The number of rotatable bonds is 6. The summed E-state index contributed by atoms with van der Waals surface area (Å²) in [4.78, 5) is 33.1. The number of carbonyl (C=O) groups is 1. The van der Waals surface area contributed by atoms with Gasteiger partial charge in [0.05, 0.1) is 17.6 Å². The van der Waals surface area contributed by atoms with Gasteiger partial charge in [-0.3, -0.25) is 18.9 Å². The molecule has 2 aromatic heterocycles. The number of hydrogen-bond donors (Lipinski definition) is 1. The van der Waals surface area contributed by atoms with E-state index in [9.17, 15) is 9.59 Å². The van der Waals surface area contributed by atoms with Gasteiger partial charge < -0.3 is 10.1 Å². The Labute approximate surface area is 201 Å². The summed E-state index contributed by atoms with van der Waals surface area (Å²) in [5.41, 5.74) is 2.50. The molecule has 0 saturated carbocycles. The first-order valence-corrected chi connectivity index (χ1v) is 11.7. The number of aryl methyl sites for hydroxylation is 1. The summed E-state index contributed by atoms with van der Waals surface area (Å²) in [5.74, 6) is 0.985. The lowest BCUT2D eigenvalue weighted by Crippen LogP contribution is -2.34. The zero-order valence-electron chi connectivity index (χ0n) is 18.8. The fraction of sp³-hybridized carbons (Fsp3) is 0.250. The van der Waals surface area contributed by atoms with Gasteiger partial charge in [0.1, 0.15) is 21.5 Å². The molecule has 7 nitrogen and oxygen atoms in total. The predicted octanol–water partition coefficient (Wildman–Crippen LogP) is 4.23. The molecule has 1 aliphatic heterocycles. The first-order chi connectivity index (χ1) is 15.8. The molecule has 33 heavy (non-hydrogen) atoms. The Morgan fingerprint density at radius 1 is 1.21 bits per heavy atom. The number of aromatic nitrogens is 2. The molecule has 0 bridgehead atoms. The number of anilines is 1. The molecule has 1 fully saturated rings. The van der Waals surface area contributed by atoms with Crippen molar-refractivity contribution in [3.05, 3.63) is 74.5 Å². The van der Waals surface area contributed by atoms with Gasteiger partial charge in [0.2, 0.25) is 0 Å². The maximum absolute atomic E-state index is 13.4. The molecule has 0 spiro atoms. The summed E-state index contributed by atoms with van der Waals surface area (Å²) in [6.45, 7) is 6.17. The normalized spacial score (nSPS) is 15.2. The van der Waals surface area contributed by atoms with Crippen LogP contribution in [0, 0.1) is 6.92 Å². The molecule has 170 valence electrons. The van der Waals surface area contributed by atoms with Crippen LogP contribution in [0.5, 0.6) is 5.75 Å². The molecular weight excluding hydrogens is 456 g/mol. The van der Waals surface area contributed by atoms with Crippen molar-refractivity contribution >= 4 is 51.7 Å². The highest BCUT2D eigenvalue weighted by atomic mass is 32.2. The van der Waals surface area contributed by atoms with Crippen LogP contribution in [0.3, 0.4) is 0 Å². The third-order valence-electron chi connectivity index (χ3n) is 5.32. The number of nitrogens with one attached hydrogen (secondary N) is 1. The minimum absolute atomic E-state index is 0.0606. The number of ether oxygens (including phenoxy) is 1. The van der Waals surface area contributed by atoms with Crippen molar-refractivity contribution in [2.75, 3.05) is 12.4 Å². The molecular formula is C24H24N4O3S2. The molecule has 3 heterocycles. The monoisotopic (exact) mass is 480 g/mol. The molecule has 9 heteroatoms. The van der Waals surface area contributed by atoms with Crippen LogP contribution in [0.1, 0.15) is 30.5 Å². The standard InChI is InChI=1S/C24H24N4O3S2/c1-14(2)28-23(30)19(33-24(28)32)12-18-20(25-13-16-7-9-17(31-4)10-8-16)26-21-15(3)6-5-11-27(21)22(18)29/h5-12,14,25H,13H2,1-4H3. The summed E-state index contributed by atoms with van der Waals surface area (Å²) >= 11 is 6.59. The summed E-state index contributed by atoms with van der Waals surface area (Å²) in [5, 5.41) is 3.28. The third-order valence-corrected chi connectivity index (χ3v) is 6.65. The number of thioether (sulfide) groups is 1. The largest absolute Gasteiger partial charge is 0.497 e. The first kappa shape index (κ1) is 23.0. The highest BCUT2D eigenvalue weighted by molar-refractivity contribution is 8.26. The van der Waals surface area contributed by atoms with Crippen LogP contribution >= 0.6 is 24.0 Å². The molecule has 1 aliphatic rings. The maximum Gasteiger partial charge on any atom is 0.267 e. The summed E-state index contributed by atoms with van der Waals surface area (Å²) in [7, 11) is 1.62. The van der Waals surface area contributed by atoms with E-state index in [0.29, 0.717) is 32.8 Å². The van der Waals surface area contributed by atoms with Crippen molar-refractivity contribution < 1.29 is 9.53 Å². The second-order valence-corrected chi connectivity index (χ2v) is 9.59. The Kier molecular flexibility index (Phi) is 6.53. The van der Waals surface area contributed by atoms with E-state index in [0.717, 1.165) is 16.9 Å². The molecule has 1 aromatic carbocycles. The molecule has 1 amide bonds. The molecule has 3 aromatic rings. The minimum Gasteiger partial charge on any atom is -0.497 e. The Balaban J connectivity index is 1.78. The van der Waals surface area contributed by atoms with Crippen LogP contribution in [0.2, 0.25) is 0 Å². The second-order valence-electron chi connectivity index (χ2n) is 7.91. The Morgan fingerprint density at radius 3 is 2.58 bits per heavy atom. The van der Waals surface area contributed by atoms with E-state index < -0.39 is 0 Å². The number of benzene rings is 1. The Hall–Kier alpha value is -3.17. The van der Waals surface area contributed by atoms with E-state index >= 15 is 0 Å². The molecule has 0 atom stereocenters. The summed E-state index contributed by atoms with van der Waals surface area (Å²) in [6, 6.07) is 11.3. The lowest BCUT2D eigenvalue weighted by atomic mass is 10.2. The maximum atomic E-state index is 13.4. The van der Waals surface area contributed by atoms with Gasteiger partial charge in [-0.25, -0.2) is 4.98 Å². The number of nitrogens with zero attached hydrogens (tertiary/aromatic N) is 3. The van der Waals surface area contributed by atoms with Crippen LogP contribution in [0.15, 0.2) is 52.3 Å². The van der Waals surface area contributed by atoms with E-state index in [1.165, 1.54) is 16.2 Å². The van der Waals surface area contributed by atoms with E-state index in [-0.39, 0.29) is 17.5 Å². The highest BCUT2D eigenvalue weighted by Crippen LogP contribution is 2.34. The van der Waals surface area contributed by atoms with Gasteiger partial charge >= 0.3 is 0 Å². The van der Waals surface area contributed by atoms with Crippen LogP contribution in [0.25, 0.3) is 11.7 Å². The average Bonchev–Trinajstić information content (AvgIpc) is 3.08. The van der Waals surface area contributed by atoms with Crippen LogP contribution in [-0.2, 0) is 11.3 Å². The van der Waals surface area contributed by atoms with Crippen molar-refractivity contribution in [1.82, 2.24) is 14.3 Å². The van der Waals surface area contributed by atoms with Crippen LogP contribution in [0.4, 0.5) is 5.82 Å². The molecule has 0 aliphatic carbocycles. The van der Waals surface area contributed by atoms with E-state index in [1.54, 1.807) is 30.3 Å². The van der Waals surface area contributed by atoms with E-state index in [1.807, 2.05) is 51.1 Å². The van der Waals surface area contributed by atoms with Crippen LogP contribution < -0.4 is 15.6 Å². The summed E-state index contributed by atoms with van der Waals surface area (Å²) in [6.07, 6.45) is 3.28. The molecule has 0 radical (unpaired) electrons. The number of pyridine rings is 1. The Bertz CT molecular complexity index is 1330. The van der Waals surface area contributed by atoms with Crippen LogP contribution in [-0.4, -0.2) is 37.7 Å². The van der Waals surface area contributed by atoms with E-state index in [2.05, 4.69) is 5.32 Å². The fourth-order valence-electron chi connectivity index (χ4n) is 3.56. The zero-order valence-corrected chi connectivity index (χ0v) is 20.4. The topological polar surface area (TPSA) is 75.9 Å². The smallest absolute Gasteiger partial charge is 0.267 e. The Morgan fingerprint density at radius 2 is 1.94 bits per heavy atom.